The summed E-state index contributed by atoms with van der Waals surface area (Å²) in [5.74, 6) is -1.20. The number of nitrogens with one attached hydrogen (secondary N) is 1. The number of benzene rings is 1. The van der Waals surface area contributed by atoms with Gasteiger partial charge in [-0.3, -0.25) is 9.59 Å². The maximum atomic E-state index is 12.4. The maximum Gasteiger partial charge on any atom is 0.305 e. The van der Waals surface area contributed by atoms with Gasteiger partial charge in [0.05, 0.1) is 22.7 Å². The summed E-state index contributed by atoms with van der Waals surface area (Å²) in [6.45, 7) is 0. The van der Waals surface area contributed by atoms with Crippen molar-refractivity contribution in [1.82, 2.24) is 5.32 Å². The van der Waals surface area contributed by atoms with Crippen LogP contribution in [0.5, 0.6) is 0 Å². The van der Waals surface area contributed by atoms with Gasteiger partial charge in [0.2, 0.25) is 0 Å². The fraction of sp³-hybridized carbons (Fsp3) is 0.467. The molecule has 1 aliphatic carbocycles. The topological polar surface area (TPSA) is 92.4 Å². The van der Waals surface area contributed by atoms with Crippen LogP contribution in [0.4, 0.5) is 5.69 Å². The molecule has 1 aromatic rings. The number of hydrogen-bond donors (Lipinski definition) is 3. The minimum absolute atomic E-state index is 0.0541. The molecule has 21 heavy (non-hydrogen) atoms. The Morgan fingerprint density at radius 1 is 1.29 bits per heavy atom. The van der Waals surface area contributed by atoms with Crippen LogP contribution in [0.25, 0.3) is 0 Å². The van der Waals surface area contributed by atoms with Crippen LogP contribution in [0.1, 0.15) is 48.9 Å². The van der Waals surface area contributed by atoms with Crippen LogP contribution in [0, 0.1) is 0 Å². The lowest BCUT2D eigenvalue weighted by molar-refractivity contribution is -0.139. The van der Waals surface area contributed by atoms with Crippen LogP contribution in [-0.2, 0) is 4.79 Å². The number of carbonyl (C=O) groups excluding carboxylic acids is 1. The Kier molecular flexibility index (Phi) is 4.73. The van der Waals surface area contributed by atoms with Gasteiger partial charge in [0, 0.05) is 5.56 Å². The highest BCUT2D eigenvalue weighted by Crippen LogP contribution is 2.31. The first-order chi connectivity index (χ1) is 9.92. The van der Waals surface area contributed by atoms with E-state index in [2.05, 4.69) is 5.32 Å². The van der Waals surface area contributed by atoms with Crippen molar-refractivity contribution in [2.45, 2.75) is 44.1 Å². The monoisotopic (exact) mass is 310 g/mol. The predicted molar refractivity (Wildman–Crippen MR) is 81.4 cm³/mol. The molecule has 0 heterocycles. The highest BCUT2D eigenvalue weighted by atomic mass is 35.5. The summed E-state index contributed by atoms with van der Waals surface area (Å²) in [4.78, 5) is 23.5. The summed E-state index contributed by atoms with van der Waals surface area (Å²) in [7, 11) is 0. The Labute approximate surface area is 128 Å². The van der Waals surface area contributed by atoms with Gasteiger partial charge in [0.25, 0.3) is 5.91 Å². The maximum absolute atomic E-state index is 12.4. The lowest BCUT2D eigenvalue weighted by atomic mass is 9.79. The van der Waals surface area contributed by atoms with Crippen molar-refractivity contribution in [3.63, 3.8) is 0 Å². The van der Waals surface area contributed by atoms with Gasteiger partial charge >= 0.3 is 5.97 Å². The predicted octanol–water partition coefficient (Wildman–Crippen LogP) is 2.83. The Hall–Kier alpha value is -1.75. The van der Waals surface area contributed by atoms with Crippen LogP contribution < -0.4 is 11.1 Å². The summed E-state index contributed by atoms with van der Waals surface area (Å²) in [5, 5.41) is 12.3. The van der Waals surface area contributed by atoms with E-state index in [1.165, 1.54) is 6.07 Å². The number of rotatable bonds is 4. The van der Waals surface area contributed by atoms with Crippen LogP contribution in [0.15, 0.2) is 18.2 Å². The third-order valence-corrected chi connectivity index (χ3v) is 4.27. The van der Waals surface area contributed by atoms with E-state index >= 15 is 0 Å². The molecule has 1 aromatic carbocycles. The molecule has 2 rings (SSSR count). The van der Waals surface area contributed by atoms with Gasteiger partial charge in [-0.15, -0.1) is 0 Å². The molecule has 1 fully saturated rings. The normalized spacial score (nSPS) is 17.2. The zero-order valence-corrected chi connectivity index (χ0v) is 12.4. The number of nitrogen functional groups attached to an aromatic ring is 1. The second-order valence-corrected chi connectivity index (χ2v) is 6.01. The molecule has 4 N–H and O–H groups in total. The zero-order valence-electron chi connectivity index (χ0n) is 11.7. The van der Waals surface area contributed by atoms with E-state index < -0.39 is 11.5 Å². The third-order valence-electron chi connectivity index (χ3n) is 3.94. The highest BCUT2D eigenvalue weighted by Gasteiger charge is 2.36. The minimum atomic E-state index is -0.896. The average Bonchev–Trinajstić information content (AvgIpc) is 2.41. The van der Waals surface area contributed by atoms with Crippen LogP contribution in [0.2, 0.25) is 5.02 Å². The van der Waals surface area contributed by atoms with Crippen molar-refractivity contribution in [3.05, 3.63) is 28.8 Å². The quantitative estimate of drug-likeness (QED) is 0.746. The molecule has 114 valence electrons. The molecule has 1 aliphatic rings. The molecule has 0 unspecified atom stereocenters. The SMILES string of the molecule is Nc1ccc(C(=O)NC2(CC(=O)O)CCCCC2)cc1Cl. The number of anilines is 1. The zero-order chi connectivity index (χ0) is 15.5. The van der Waals surface area contributed by atoms with Crippen molar-refractivity contribution >= 4 is 29.2 Å². The van der Waals surface area contributed by atoms with Gasteiger partial charge < -0.3 is 16.2 Å². The Morgan fingerprint density at radius 3 is 2.52 bits per heavy atom. The van der Waals surface area contributed by atoms with E-state index in [0.717, 1.165) is 19.3 Å². The van der Waals surface area contributed by atoms with Gasteiger partial charge in [-0.25, -0.2) is 0 Å². The fourth-order valence-electron chi connectivity index (χ4n) is 2.85. The Morgan fingerprint density at radius 2 is 1.95 bits per heavy atom. The van der Waals surface area contributed by atoms with E-state index in [4.69, 9.17) is 22.4 Å². The van der Waals surface area contributed by atoms with Gasteiger partial charge in [-0.2, -0.15) is 0 Å². The van der Waals surface area contributed by atoms with E-state index in [-0.39, 0.29) is 12.3 Å². The molecule has 5 nitrogen and oxygen atoms in total. The van der Waals surface area contributed by atoms with Crippen molar-refractivity contribution in [1.29, 1.82) is 0 Å². The molecule has 6 heteroatoms. The molecule has 1 saturated carbocycles. The minimum Gasteiger partial charge on any atom is -0.481 e. The Balaban J connectivity index is 2.17. The van der Waals surface area contributed by atoms with Crippen LogP contribution >= 0.6 is 11.6 Å². The average molecular weight is 311 g/mol. The van der Waals surface area contributed by atoms with Gasteiger partial charge in [0.15, 0.2) is 0 Å². The van der Waals surface area contributed by atoms with Crippen molar-refractivity contribution < 1.29 is 14.7 Å². The standard InChI is InChI=1S/C15H19ClN2O3/c16-11-8-10(4-5-12(11)17)14(21)18-15(9-13(19)20)6-2-1-3-7-15/h4-5,8H,1-3,6-7,9,17H2,(H,18,21)(H,19,20). The first-order valence-corrected chi connectivity index (χ1v) is 7.39. The molecule has 0 atom stereocenters. The second-order valence-electron chi connectivity index (χ2n) is 5.60. The largest absolute Gasteiger partial charge is 0.481 e. The van der Waals surface area contributed by atoms with Gasteiger partial charge in [-0.1, -0.05) is 30.9 Å². The number of nitrogens with two attached hydrogens (primary N) is 1. The van der Waals surface area contributed by atoms with E-state index in [1.807, 2.05) is 0 Å². The Bertz CT molecular complexity index is 554. The number of carboxylic acid groups (broad SMARTS) is 1. The second kappa shape index (κ2) is 6.35. The molecule has 1 amide bonds. The number of carboxylic acids is 1. The number of carbonyl (C=O) groups is 2. The van der Waals surface area contributed by atoms with Gasteiger partial charge in [0.1, 0.15) is 0 Å². The van der Waals surface area contributed by atoms with Crippen molar-refractivity contribution in [3.8, 4) is 0 Å². The summed E-state index contributed by atoms with van der Waals surface area (Å²) < 4.78 is 0. The smallest absolute Gasteiger partial charge is 0.305 e. The first kappa shape index (κ1) is 15.6. The van der Waals surface area contributed by atoms with E-state index in [0.29, 0.717) is 29.1 Å². The van der Waals surface area contributed by atoms with Gasteiger partial charge in [-0.05, 0) is 31.0 Å². The molecule has 0 saturated heterocycles. The lowest BCUT2D eigenvalue weighted by Crippen LogP contribution is -2.51. The number of aliphatic carboxylic acids is 1. The van der Waals surface area contributed by atoms with E-state index in [9.17, 15) is 9.59 Å². The molecule has 0 aliphatic heterocycles. The number of halogens is 1. The number of amides is 1. The third kappa shape index (κ3) is 3.88. The van der Waals surface area contributed by atoms with Crippen molar-refractivity contribution in [2.75, 3.05) is 5.73 Å². The van der Waals surface area contributed by atoms with E-state index in [1.54, 1.807) is 12.1 Å². The molecule has 0 radical (unpaired) electrons. The molecule has 0 aromatic heterocycles. The first-order valence-electron chi connectivity index (χ1n) is 7.01. The number of hydrogen-bond acceptors (Lipinski definition) is 3. The lowest BCUT2D eigenvalue weighted by Gasteiger charge is -2.37. The summed E-state index contributed by atoms with van der Waals surface area (Å²) >= 11 is 5.92. The molecular weight excluding hydrogens is 292 g/mol. The molecular formula is C15H19ClN2O3. The van der Waals surface area contributed by atoms with Crippen LogP contribution in [-0.4, -0.2) is 22.5 Å². The fourth-order valence-corrected chi connectivity index (χ4v) is 3.03. The summed E-state index contributed by atoms with van der Waals surface area (Å²) in [5.41, 5.74) is 5.77. The molecule has 0 spiro atoms. The van der Waals surface area contributed by atoms with Crippen LogP contribution in [0.3, 0.4) is 0 Å². The molecule has 0 bridgehead atoms. The van der Waals surface area contributed by atoms with Crippen molar-refractivity contribution in [2.24, 2.45) is 0 Å². The highest BCUT2D eigenvalue weighted by molar-refractivity contribution is 6.33. The summed E-state index contributed by atoms with van der Waals surface area (Å²) in [6.07, 6.45) is 4.25. The summed E-state index contributed by atoms with van der Waals surface area (Å²) in [6, 6.07) is 4.67.